The average Bonchev–Trinajstić information content (AvgIpc) is 2.43. The quantitative estimate of drug-likeness (QED) is 0.714. The number of likely N-dealkylation sites (tertiary alicyclic amines) is 1. The monoisotopic (exact) mass is 297 g/mol. The zero-order valence-electron chi connectivity index (χ0n) is 13.9. The van der Waals surface area contributed by atoms with E-state index in [1.807, 2.05) is 13.8 Å². The predicted octanol–water partition coefficient (Wildman–Crippen LogP) is 1.53. The lowest BCUT2D eigenvalue weighted by atomic mass is 9.98. The van der Waals surface area contributed by atoms with Gasteiger partial charge >= 0.3 is 0 Å². The third-order valence-electron chi connectivity index (χ3n) is 3.87. The first-order valence-electron chi connectivity index (χ1n) is 8.26. The molecule has 0 aromatic rings. The number of nitrogens with one attached hydrogen (secondary N) is 2. The van der Waals surface area contributed by atoms with Crippen molar-refractivity contribution in [3.8, 4) is 0 Å². The summed E-state index contributed by atoms with van der Waals surface area (Å²) in [5.74, 6) is 0.507. The summed E-state index contributed by atoms with van der Waals surface area (Å²) in [5.41, 5.74) is 0. The summed E-state index contributed by atoms with van der Waals surface area (Å²) in [5, 5.41) is 6.27. The van der Waals surface area contributed by atoms with Gasteiger partial charge in [0, 0.05) is 25.6 Å². The first-order chi connectivity index (χ1) is 9.95. The number of hydrogen-bond donors (Lipinski definition) is 2. The number of likely N-dealkylation sites (N-methyl/N-ethyl adjacent to an activating group) is 1. The van der Waals surface area contributed by atoms with E-state index in [9.17, 15) is 9.59 Å². The van der Waals surface area contributed by atoms with Crippen LogP contribution in [0.3, 0.4) is 0 Å². The van der Waals surface area contributed by atoms with Crippen molar-refractivity contribution in [2.75, 3.05) is 19.6 Å². The Labute approximate surface area is 128 Å². The predicted molar refractivity (Wildman–Crippen MR) is 85.0 cm³/mol. The summed E-state index contributed by atoms with van der Waals surface area (Å²) in [7, 11) is 0. The molecule has 2 N–H and O–H groups in total. The minimum Gasteiger partial charge on any atom is -0.353 e. The molecule has 5 heteroatoms. The maximum Gasteiger partial charge on any atom is 0.242 e. The van der Waals surface area contributed by atoms with Crippen LogP contribution in [0.2, 0.25) is 0 Å². The normalized spacial score (nSPS) is 18.7. The summed E-state index contributed by atoms with van der Waals surface area (Å²) in [4.78, 5) is 26.4. The smallest absolute Gasteiger partial charge is 0.242 e. The van der Waals surface area contributed by atoms with Gasteiger partial charge in [0.2, 0.25) is 11.8 Å². The number of piperidine rings is 1. The van der Waals surface area contributed by atoms with Gasteiger partial charge in [0.15, 0.2) is 0 Å². The second kappa shape index (κ2) is 9.03. The molecule has 1 unspecified atom stereocenters. The molecule has 0 radical (unpaired) electrons. The van der Waals surface area contributed by atoms with Crippen molar-refractivity contribution in [3.05, 3.63) is 0 Å². The van der Waals surface area contributed by atoms with Crippen LogP contribution in [-0.4, -0.2) is 48.4 Å². The van der Waals surface area contributed by atoms with Gasteiger partial charge in [-0.15, -0.1) is 0 Å². The average molecular weight is 297 g/mol. The molecule has 1 heterocycles. The second-order valence-corrected chi connectivity index (χ2v) is 6.39. The number of hydrogen-bond acceptors (Lipinski definition) is 3. The first kappa shape index (κ1) is 18.0. The van der Waals surface area contributed by atoms with Crippen LogP contribution in [0.5, 0.6) is 0 Å². The number of carbonyl (C=O) groups is 2. The number of amides is 2. The van der Waals surface area contributed by atoms with E-state index >= 15 is 0 Å². The maximum absolute atomic E-state index is 12.5. The van der Waals surface area contributed by atoms with E-state index in [1.54, 1.807) is 4.90 Å². The number of rotatable bonds is 8. The van der Waals surface area contributed by atoms with Gasteiger partial charge in [-0.3, -0.25) is 9.59 Å². The Bertz CT molecular complexity index is 344. The minimum absolute atomic E-state index is 0.0105. The lowest BCUT2D eigenvalue weighted by molar-refractivity contribution is -0.143. The van der Waals surface area contributed by atoms with Crippen molar-refractivity contribution >= 4 is 11.8 Å². The summed E-state index contributed by atoms with van der Waals surface area (Å²) >= 11 is 0. The molecule has 122 valence electrons. The highest BCUT2D eigenvalue weighted by molar-refractivity contribution is 5.88. The number of carbonyl (C=O) groups excluding carboxylic acids is 2. The van der Waals surface area contributed by atoms with E-state index in [2.05, 4.69) is 24.5 Å². The van der Waals surface area contributed by atoms with E-state index in [1.165, 1.54) is 0 Å². The third-order valence-corrected chi connectivity index (χ3v) is 3.87. The van der Waals surface area contributed by atoms with Gasteiger partial charge in [-0.1, -0.05) is 20.8 Å². The van der Waals surface area contributed by atoms with Crippen molar-refractivity contribution in [1.29, 1.82) is 0 Å². The van der Waals surface area contributed by atoms with Crippen molar-refractivity contribution in [1.82, 2.24) is 15.5 Å². The fraction of sp³-hybridized carbons (Fsp3) is 0.875. The Balaban J connectivity index is 2.63. The summed E-state index contributed by atoms with van der Waals surface area (Å²) < 4.78 is 0. The Kier molecular flexibility index (Phi) is 7.72. The maximum atomic E-state index is 12.5. The van der Waals surface area contributed by atoms with Crippen LogP contribution in [0.4, 0.5) is 0 Å². The SMILES string of the molecule is CCN[C@H](C)CNC(=O)C(CC(C)C)N1CCCCC1=O. The zero-order valence-corrected chi connectivity index (χ0v) is 13.9. The molecule has 0 aliphatic carbocycles. The van der Waals surface area contributed by atoms with Crippen molar-refractivity contribution in [2.45, 2.75) is 65.5 Å². The van der Waals surface area contributed by atoms with Gasteiger partial charge in [-0.25, -0.2) is 0 Å². The fourth-order valence-corrected chi connectivity index (χ4v) is 2.77. The van der Waals surface area contributed by atoms with Crippen LogP contribution in [0.1, 0.15) is 53.4 Å². The molecule has 21 heavy (non-hydrogen) atoms. The Hall–Kier alpha value is -1.10. The zero-order chi connectivity index (χ0) is 15.8. The van der Waals surface area contributed by atoms with Gasteiger partial charge < -0.3 is 15.5 Å². The van der Waals surface area contributed by atoms with E-state index in [-0.39, 0.29) is 23.9 Å². The van der Waals surface area contributed by atoms with Gasteiger partial charge in [0.05, 0.1) is 0 Å². The molecular weight excluding hydrogens is 266 g/mol. The lowest BCUT2D eigenvalue weighted by Gasteiger charge is -2.35. The molecule has 2 amide bonds. The van der Waals surface area contributed by atoms with Crippen LogP contribution in [0.15, 0.2) is 0 Å². The van der Waals surface area contributed by atoms with Crippen LogP contribution in [-0.2, 0) is 9.59 Å². The summed E-state index contributed by atoms with van der Waals surface area (Å²) in [6.45, 7) is 10.5. The molecule has 1 rings (SSSR count). The van der Waals surface area contributed by atoms with Gasteiger partial charge in [0.1, 0.15) is 6.04 Å². The van der Waals surface area contributed by atoms with E-state index in [0.29, 0.717) is 25.4 Å². The minimum atomic E-state index is -0.313. The molecular formula is C16H31N3O2. The highest BCUT2D eigenvalue weighted by Gasteiger charge is 2.31. The molecule has 0 saturated carbocycles. The van der Waals surface area contributed by atoms with Crippen molar-refractivity contribution in [3.63, 3.8) is 0 Å². The molecule has 1 aliphatic rings. The highest BCUT2D eigenvalue weighted by atomic mass is 16.2. The molecule has 0 spiro atoms. The first-order valence-corrected chi connectivity index (χ1v) is 8.26. The molecule has 0 bridgehead atoms. The third kappa shape index (κ3) is 6.04. The Morgan fingerprint density at radius 3 is 2.57 bits per heavy atom. The van der Waals surface area contributed by atoms with Crippen molar-refractivity contribution < 1.29 is 9.59 Å². The van der Waals surface area contributed by atoms with Crippen molar-refractivity contribution in [2.24, 2.45) is 5.92 Å². The molecule has 0 aromatic heterocycles. The largest absolute Gasteiger partial charge is 0.353 e. The molecule has 1 fully saturated rings. The highest BCUT2D eigenvalue weighted by Crippen LogP contribution is 2.19. The van der Waals surface area contributed by atoms with Gasteiger partial charge in [0.25, 0.3) is 0 Å². The molecule has 5 nitrogen and oxygen atoms in total. The van der Waals surface area contributed by atoms with Crippen LogP contribution >= 0.6 is 0 Å². The Morgan fingerprint density at radius 2 is 2.00 bits per heavy atom. The topological polar surface area (TPSA) is 61.4 Å². The molecule has 0 aromatic carbocycles. The van der Waals surface area contributed by atoms with E-state index in [4.69, 9.17) is 0 Å². The molecule has 1 saturated heterocycles. The van der Waals surface area contributed by atoms with Crippen LogP contribution in [0.25, 0.3) is 0 Å². The second-order valence-electron chi connectivity index (χ2n) is 6.39. The van der Waals surface area contributed by atoms with Crippen LogP contribution in [0, 0.1) is 5.92 Å². The Morgan fingerprint density at radius 1 is 1.29 bits per heavy atom. The fourth-order valence-electron chi connectivity index (χ4n) is 2.77. The van der Waals surface area contributed by atoms with Gasteiger partial charge in [-0.2, -0.15) is 0 Å². The van der Waals surface area contributed by atoms with E-state index < -0.39 is 0 Å². The lowest BCUT2D eigenvalue weighted by Crippen LogP contribution is -2.53. The summed E-state index contributed by atoms with van der Waals surface area (Å²) in [6, 6.07) is -0.0673. The van der Waals surface area contributed by atoms with Gasteiger partial charge in [-0.05, 0) is 38.6 Å². The standard InChI is InChI=1S/C16H31N3O2/c1-5-17-13(4)11-18-16(21)14(10-12(2)3)19-9-7-6-8-15(19)20/h12-14,17H,5-11H2,1-4H3,(H,18,21)/t13-,14?/m1/s1. The van der Waals surface area contributed by atoms with Crippen LogP contribution < -0.4 is 10.6 Å². The number of nitrogens with zero attached hydrogens (tertiary/aromatic N) is 1. The van der Waals surface area contributed by atoms with E-state index in [0.717, 1.165) is 25.8 Å². The summed E-state index contributed by atoms with van der Waals surface area (Å²) in [6.07, 6.45) is 3.26. The molecule has 1 aliphatic heterocycles. The molecule has 2 atom stereocenters.